The summed E-state index contributed by atoms with van der Waals surface area (Å²) in [6.07, 6.45) is -5.51. The third kappa shape index (κ3) is 2.76. The lowest BCUT2D eigenvalue weighted by atomic mass is 10.1. The van der Waals surface area contributed by atoms with Gasteiger partial charge in [-0.2, -0.15) is 0 Å². The second-order valence-corrected chi connectivity index (χ2v) is 3.56. The van der Waals surface area contributed by atoms with Crippen molar-refractivity contribution in [3.8, 4) is 11.5 Å². The van der Waals surface area contributed by atoms with Gasteiger partial charge in [0, 0.05) is 5.56 Å². The van der Waals surface area contributed by atoms with E-state index >= 15 is 0 Å². The quantitative estimate of drug-likeness (QED) is 0.857. The molecule has 98 valence electrons. The number of aromatic hydroxyl groups is 1. The van der Waals surface area contributed by atoms with Crippen molar-refractivity contribution in [3.63, 3.8) is 0 Å². The maximum Gasteiger partial charge on any atom is 0.573 e. The third-order valence-corrected chi connectivity index (χ3v) is 2.28. The lowest BCUT2D eigenvalue weighted by Gasteiger charge is -2.13. The van der Waals surface area contributed by atoms with E-state index < -0.39 is 24.2 Å². The first kappa shape index (κ1) is 12.3. The van der Waals surface area contributed by atoms with E-state index in [0.29, 0.717) is 0 Å². The molecule has 1 atom stereocenters. The van der Waals surface area contributed by atoms with E-state index in [1.165, 1.54) is 0 Å². The van der Waals surface area contributed by atoms with Crippen LogP contribution in [0, 0.1) is 0 Å². The minimum Gasteiger partial charge on any atom is -0.508 e. The molecule has 1 aliphatic heterocycles. The van der Waals surface area contributed by atoms with Crippen molar-refractivity contribution in [2.24, 2.45) is 0 Å². The van der Waals surface area contributed by atoms with E-state index in [1.807, 2.05) is 0 Å². The Morgan fingerprint density at radius 2 is 2.17 bits per heavy atom. The van der Waals surface area contributed by atoms with E-state index in [4.69, 9.17) is 0 Å². The number of cyclic esters (lactones) is 1. The van der Waals surface area contributed by atoms with Gasteiger partial charge >= 0.3 is 12.5 Å². The van der Waals surface area contributed by atoms with E-state index in [2.05, 4.69) is 14.8 Å². The number of benzene rings is 1. The highest BCUT2D eigenvalue weighted by Gasteiger charge is 2.32. The predicted octanol–water partition coefficient (Wildman–Crippen LogP) is 2.07. The van der Waals surface area contributed by atoms with Crippen LogP contribution in [0.15, 0.2) is 18.2 Å². The van der Waals surface area contributed by atoms with Crippen molar-refractivity contribution < 1.29 is 32.5 Å². The summed E-state index contributed by atoms with van der Waals surface area (Å²) in [6, 6.07) is 2.34. The molecule has 2 N–H and O–H groups in total. The van der Waals surface area contributed by atoms with E-state index in [1.54, 1.807) is 0 Å². The van der Waals surface area contributed by atoms with Gasteiger partial charge in [-0.3, -0.25) is 0 Å². The van der Waals surface area contributed by atoms with Crippen LogP contribution in [-0.4, -0.2) is 24.2 Å². The molecule has 8 heteroatoms. The van der Waals surface area contributed by atoms with Crippen LogP contribution in [0.25, 0.3) is 0 Å². The van der Waals surface area contributed by atoms with Gasteiger partial charge in [0.15, 0.2) is 0 Å². The number of amides is 1. The molecule has 0 unspecified atom stereocenters. The van der Waals surface area contributed by atoms with Gasteiger partial charge in [-0.05, 0) is 18.2 Å². The fraction of sp³-hybridized carbons (Fsp3) is 0.300. The normalized spacial score (nSPS) is 19.3. The summed E-state index contributed by atoms with van der Waals surface area (Å²) in [7, 11) is 0. The molecule has 5 nitrogen and oxygen atoms in total. The molecule has 0 saturated carbocycles. The molecule has 0 aliphatic carbocycles. The van der Waals surface area contributed by atoms with Crippen molar-refractivity contribution in [2.75, 3.05) is 6.61 Å². The van der Waals surface area contributed by atoms with E-state index in [0.717, 1.165) is 18.2 Å². The first-order chi connectivity index (χ1) is 8.35. The summed E-state index contributed by atoms with van der Waals surface area (Å²) >= 11 is 0. The molecule has 1 saturated heterocycles. The first-order valence-corrected chi connectivity index (χ1v) is 4.87. The smallest absolute Gasteiger partial charge is 0.508 e. The average Bonchev–Trinajstić information content (AvgIpc) is 2.66. The Balaban J connectivity index is 2.24. The molecule has 0 radical (unpaired) electrons. The van der Waals surface area contributed by atoms with Gasteiger partial charge in [0.25, 0.3) is 0 Å². The monoisotopic (exact) mass is 263 g/mol. The van der Waals surface area contributed by atoms with Gasteiger partial charge in [0.05, 0.1) is 6.04 Å². The fourth-order valence-electron chi connectivity index (χ4n) is 1.56. The highest BCUT2D eigenvalue weighted by atomic mass is 19.4. The molecule has 0 spiro atoms. The predicted molar refractivity (Wildman–Crippen MR) is 52.0 cm³/mol. The zero-order valence-electron chi connectivity index (χ0n) is 8.82. The molecular formula is C10H8F3NO4. The summed E-state index contributed by atoms with van der Waals surface area (Å²) < 4.78 is 44.4. The highest BCUT2D eigenvalue weighted by Crippen LogP contribution is 2.32. The number of halogens is 3. The van der Waals surface area contributed by atoms with Crippen LogP contribution in [0.3, 0.4) is 0 Å². The zero-order chi connectivity index (χ0) is 13.3. The topological polar surface area (TPSA) is 67.8 Å². The number of carbonyl (C=O) groups is 1. The number of alkyl halides is 3. The van der Waals surface area contributed by atoms with Crippen LogP contribution in [0.1, 0.15) is 11.6 Å². The van der Waals surface area contributed by atoms with Gasteiger partial charge in [-0.25, -0.2) is 4.79 Å². The van der Waals surface area contributed by atoms with Crippen molar-refractivity contribution in [1.82, 2.24) is 5.32 Å². The molecule has 1 aromatic carbocycles. The molecule has 1 fully saturated rings. The van der Waals surface area contributed by atoms with Crippen molar-refractivity contribution in [3.05, 3.63) is 23.8 Å². The zero-order valence-corrected chi connectivity index (χ0v) is 8.82. The number of rotatable bonds is 2. The van der Waals surface area contributed by atoms with Gasteiger partial charge < -0.3 is 19.9 Å². The van der Waals surface area contributed by atoms with E-state index in [-0.39, 0.29) is 17.9 Å². The lowest BCUT2D eigenvalue weighted by molar-refractivity contribution is -0.274. The van der Waals surface area contributed by atoms with Crippen LogP contribution in [0.2, 0.25) is 0 Å². The number of hydrogen-bond donors (Lipinski definition) is 2. The SMILES string of the molecule is O=C1N[C@H](c2cc(OC(F)(F)F)ccc2O)CO1. The number of ether oxygens (including phenoxy) is 2. The lowest BCUT2D eigenvalue weighted by Crippen LogP contribution is -2.20. The van der Waals surface area contributed by atoms with Crippen LogP contribution < -0.4 is 10.1 Å². The molecule has 2 rings (SSSR count). The molecule has 1 heterocycles. The van der Waals surface area contributed by atoms with Gasteiger partial charge in [-0.15, -0.1) is 13.2 Å². The van der Waals surface area contributed by atoms with Crippen LogP contribution >= 0.6 is 0 Å². The van der Waals surface area contributed by atoms with Crippen molar-refractivity contribution in [1.29, 1.82) is 0 Å². The maximum atomic E-state index is 12.0. The number of nitrogens with one attached hydrogen (secondary N) is 1. The molecule has 1 amide bonds. The molecular weight excluding hydrogens is 255 g/mol. The first-order valence-electron chi connectivity index (χ1n) is 4.87. The summed E-state index contributed by atoms with van der Waals surface area (Å²) in [6.45, 7) is -0.0676. The minimum absolute atomic E-state index is 0.0676. The number of phenols is 1. The summed E-state index contributed by atoms with van der Waals surface area (Å²) in [5.41, 5.74) is 0.0996. The number of alkyl carbamates (subject to hydrolysis) is 1. The fourth-order valence-corrected chi connectivity index (χ4v) is 1.56. The Kier molecular flexibility index (Phi) is 2.93. The number of phenolic OH excluding ortho intramolecular Hbond substituents is 1. The third-order valence-electron chi connectivity index (χ3n) is 2.28. The molecule has 1 aliphatic rings. The van der Waals surface area contributed by atoms with Gasteiger partial charge in [-0.1, -0.05) is 0 Å². The Bertz CT molecular complexity index is 475. The number of hydrogen-bond acceptors (Lipinski definition) is 4. The second-order valence-electron chi connectivity index (χ2n) is 3.56. The van der Waals surface area contributed by atoms with Gasteiger partial charge in [0.2, 0.25) is 0 Å². The Hall–Kier alpha value is -2.12. The summed E-state index contributed by atoms with van der Waals surface area (Å²) in [5, 5.41) is 11.9. The number of carbonyl (C=O) groups excluding carboxylic acids is 1. The molecule has 1 aromatic rings. The Labute approximate surface area is 99.1 Å². The van der Waals surface area contributed by atoms with Crippen molar-refractivity contribution in [2.45, 2.75) is 12.4 Å². The van der Waals surface area contributed by atoms with Crippen LogP contribution in [0.4, 0.5) is 18.0 Å². The highest BCUT2D eigenvalue weighted by molar-refractivity contribution is 5.70. The summed E-state index contributed by atoms with van der Waals surface area (Å²) in [4.78, 5) is 10.8. The summed E-state index contributed by atoms with van der Waals surface area (Å²) in [5.74, 6) is -0.725. The molecule has 0 aromatic heterocycles. The maximum absolute atomic E-state index is 12.0. The molecule has 0 bridgehead atoms. The Morgan fingerprint density at radius 1 is 1.44 bits per heavy atom. The van der Waals surface area contributed by atoms with E-state index in [9.17, 15) is 23.1 Å². The van der Waals surface area contributed by atoms with Crippen molar-refractivity contribution >= 4 is 6.09 Å². The van der Waals surface area contributed by atoms with Crippen LogP contribution in [0.5, 0.6) is 11.5 Å². The second kappa shape index (κ2) is 4.28. The minimum atomic E-state index is -4.82. The van der Waals surface area contributed by atoms with Crippen LogP contribution in [-0.2, 0) is 4.74 Å². The average molecular weight is 263 g/mol. The van der Waals surface area contributed by atoms with Gasteiger partial charge in [0.1, 0.15) is 18.1 Å². The standard InChI is InChI=1S/C10H8F3NO4/c11-10(12,13)18-5-1-2-8(15)6(3-5)7-4-17-9(16)14-7/h1-3,7,15H,4H2,(H,14,16)/t7-/m0/s1. The molecule has 18 heavy (non-hydrogen) atoms. The Morgan fingerprint density at radius 3 is 2.72 bits per heavy atom. The largest absolute Gasteiger partial charge is 0.573 e.